The van der Waals surface area contributed by atoms with Crippen LogP contribution in [-0.4, -0.2) is 37.5 Å². The molecule has 0 radical (unpaired) electrons. The topological polar surface area (TPSA) is 41.5 Å². The van der Waals surface area contributed by atoms with Crippen molar-refractivity contribution in [3.05, 3.63) is 47.5 Å². The average Bonchev–Trinajstić information content (AvgIpc) is 2.59. The summed E-state index contributed by atoms with van der Waals surface area (Å²) in [6.07, 6.45) is 5.44. The van der Waals surface area contributed by atoms with Gasteiger partial charge >= 0.3 is 0 Å². The largest absolute Gasteiger partial charge is 0.389 e. The summed E-state index contributed by atoms with van der Waals surface area (Å²) >= 11 is 0. The molecule has 2 bridgehead atoms. The molecule has 0 amide bonds. The molecule has 3 aliphatic carbocycles. The van der Waals surface area contributed by atoms with E-state index in [9.17, 15) is 5.11 Å². The maximum atomic E-state index is 10.0. The van der Waals surface area contributed by atoms with Gasteiger partial charge in [-0.05, 0) is 54.2 Å². The van der Waals surface area contributed by atoms with Crippen LogP contribution < -0.4 is 5.32 Å². The summed E-state index contributed by atoms with van der Waals surface area (Å²) in [7, 11) is 0. The van der Waals surface area contributed by atoms with Crippen LogP contribution in [0.2, 0.25) is 0 Å². The van der Waals surface area contributed by atoms with Crippen molar-refractivity contribution in [2.45, 2.75) is 39.2 Å². The Balaban J connectivity index is 1.28. The zero-order valence-electron chi connectivity index (χ0n) is 15.0. The number of allylic oxidation sites excluding steroid dienone is 1. The van der Waals surface area contributed by atoms with E-state index in [2.05, 4.69) is 49.5 Å². The molecule has 0 spiro atoms. The molecule has 0 aromatic heterocycles. The minimum absolute atomic E-state index is 0.409. The molecule has 1 aromatic rings. The SMILES string of the molecule is CC1(C)[C@H]2CC=C(COC[C@H](O)CNCCc3ccccc3)[C@@H]1C2. The Kier molecular flexibility index (Phi) is 5.75. The number of ether oxygens (including phenoxy) is 1. The molecule has 1 saturated carbocycles. The second-order valence-corrected chi connectivity index (χ2v) is 7.93. The number of nitrogens with one attached hydrogen (secondary N) is 1. The summed E-state index contributed by atoms with van der Waals surface area (Å²) < 4.78 is 5.78. The highest BCUT2D eigenvalue weighted by Gasteiger charge is 2.50. The predicted molar refractivity (Wildman–Crippen MR) is 97.9 cm³/mol. The number of fused-ring (bicyclic) bond motifs is 1. The molecule has 24 heavy (non-hydrogen) atoms. The first-order valence-corrected chi connectivity index (χ1v) is 9.26. The number of aliphatic hydroxyl groups is 1. The third-order valence-electron chi connectivity index (χ3n) is 5.97. The lowest BCUT2D eigenvalue weighted by Crippen LogP contribution is -2.48. The second-order valence-electron chi connectivity index (χ2n) is 7.93. The van der Waals surface area contributed by atoms with Gasteiger partial charge in [-0.15, -0.1) is 0 Å². The van der Waals surface area contributed by atoms with E-state index in [4.69, 9.17) is 4.74 Å². The van der Waals surface area contributed by atoms with Crippen LogP contribution in [0.25, 0.3) is 0 Å². The molecule has 0 aliphatic heterocycles. The molecular weight excluding hydrogens is 298 g/mol. The Morgan fingerprint density at radius 2 is 2.08 bits per heavy atom. The van der Waals surface area contributed by atoms with Crippen molar-refractivity contribution in [1.29, 1.82) is 0 Å². The van der Waals surface area contributed by atoms with Gasteiger partial charge in [-0.1, -0.05) is 50.3 Å². The van der Waals surface area contributed by atoms with Crippen molar-refractivity contribution in [3.8, 4) is 0 Å². The van der Waals surface area contributed by atoms with Gasteiger partial charge in [0.15, 0.2) is 0 Å². The smallest absolute Gasteiger partial charge is 0.0897 e. The average molecular weight is 329 g/mol. The first-order valence-electron chi connectivity index (χ1n) is 9.26. The van der Waals surface area contributed by atoms with Crippen LogP contribution in [-0.2, 0) is 11.2 Å². The minimum atomic E-state index is -0.438. The van der Waals surface area contributed by atoms with E-state index >= 15 is 0 Å². The lowest BCUT2D eigenvalue weighted by Gasteiger charge is -2.56. The molecule has 3 aliphatic rings. The van der Waals surface area contributed by atoms with Crippen LogP contribution in [0.3, 0.4) is 0 Å². The van der Waals surface area contributed by atoms with Crippen molar-refractivity contribution in [1.82, 2.24) is 5.32 Å². The van der Waals surface area contributed by atoms with Crippen LogP contribution in [0.4, 0.5) is 0 Å². The van der Waals surface area contributed by atoms with Crippen molar-refractivity contribution in [2.24, 2.45) is 17.3 Å². The monoisotopic (exact) mass is 329 g/mol. The number of rotatable bonds is 9. The van der Waals surface area contributed by atoms with Crippen LogP contribution in [0, 0.1) is 17.3 Å². The maximum Gasteiger partial charge on any atom is 0.0897 e. The number of hydrogen-bond acceptors (Lipinski definition) is 3. The normalized spacial score (nSPS) is 25.7. The minimum Gasteiger partial charge on any atom is -0.389 e. The van der Waals surface area contributed by atoms with Crippen LogP contribution >= 0.6 is 0 Å². The Morgan fingerprint density at radius 3 is 2.79 bits per heavy atom. The highest BCUT2D eigenvalue weighted by molar-refractivity contribution is 5.23. The van der Waals surface area contributed by atoms with Gasteiger partial charge in [-0.25, -0.2) is 0 Å². The fourth-order valence-corrected chi connectivity index (χ4v) is 4.16. The molecule has 3 heteroatoms. The van der Waals surface area contributed by atoms with Gasteiger partial charge in [0.05, 0.1) is 19.3 Å². The standard InChI is InChI=1S/C21H31NO2/c1-21(2)18-9-8-17(20(21)12-18)14-24-15-19(23)13-22-11-10-16-6-4-3-5-7-16/h3-8,18-20,22-23H,9-15H2,1-2H3/t18-,19+,20-/m0/s1. The van der Waals surface area contributed by atoms with Crippen molar-refractivity contribution < 1.29 is 9.84 Å². The van der Waals surface area contributed by atoms with Gasteiger partial charge in [-0.2, -0.15) is 0 Å². The van der Waals surface area contributed by atoms with E-state index in [1.54, 1.807) is 0 Å². The van der Waals surface area contributed by atoms with Crippen molar-refractivity contribution >= 4 is 0 Å². The first-order chi connectivity index (χ1) is 11.6. The zero-order chi connectivity index (χ0) is 17.0. The summed E-state index contributed by atoms with van der Waals surface area (Å²) in [5.74, 6) is 1.56. The highest BCUT2D eigenvalue weighted by Crippen LogP contribution is 2.59. The maximum absolute atomic E-state index is 10.0. The van der Waals surface area contributed by atoms with Crippen LogP contribution in [0.1, 0.15) is 32.3 Å². The molecule has 0 heterocycles. The predicted octanol–water partition coefficient (Wildman–Crippen LogP) is 3.19. The fourth-order valence-electron chi connectivity index (χ4n) is 4.16. The van der Waals surface area contributed by atoms with Crippen molar-refractivity contribution in [2.75, 3.05) is 26.3 Å². The van der Waals surface area contributed by atoms with E-state index in [1.165, 1.54) is 24.0 Å². The number of benzene rings is 1. The first kappa shape index (κ1) is 17.7. The van der Waals surface area contributed by atoms with E-state index in [0.29, 0.717) is 31.1 Å². The van der Waals surface area contributed by atoms with Crippen LogP contribution in [0.15, 0.2) is 42.0 Å². The Hall–Kier alpha value is -1.16. The summed E-state index contributed by atoms with van der Waals surface area (Å²) in [5, 5.41) is 13.4. The third-order valence-corrected chi connectivity index (χ3v) is 5.97. The lowest BCUT2D eigenvalue weighted by atomic mass is 9.49. The summed E-state index contributed by atoms with van der Waals surface area (Å²) in [5.41, 5.74) is 3.22. The summed E-state index contributed by atoms with van der Waals surface area (Å²) in [6.45, 7) is 7.32. The molecule has 3 atom stereocenters. The summed E-state index contributed by atoms with van der Waals surface area (Å²) in [6, 6.07) is 10.4. The van der Waals surface area contributed by atoms with Gasteiger partial charge in [0.2, 0.25) is 0 Å². The number of aliphatic hydroxyl groups excluding tert-OH is 1. The van der Waals surface area contributed by atoms with Gasteiger partial charge in [0.1, 0.15) is 0 Å². The van der Waals surface area contributed by atoms with E-state index in [-0.39, 0.29) is 0 Å². The number of hydrogen-bond donors (Lipinski definition) is 2. The molecule has 132 valence electrons. The Morgan fingerprint density at radius 1 is 1.29 bits per heavy atom. The second kappa shape index (κ2) is 7.81. The molecule has 3 nitrogen and oxygen atoms in total. The zero-order valence-corrected chi connectivity index (χ0v) is 15.0. The summed E-state index contributed by atoms with van der Waals surface area (Å²) in [4.78, 5) is 0. The molecule has 0 unspecified atom stereocenters. The van der Waals surface area contributed by atoms with E-state index in [1.807, 2.05) is 6.07 Å². The van der Waals surface area contributed by atoms with E-state index < -0.39 is 6.10 Å². The quantitative estimate of drug-likeness (QED) is 0.540. The van der Waals surface area contributed by atoms with Gasteiger partial charge in [0.25, 0.3) is 0 Å². The van der Waals surface area contributed by atoms with Gasteiger partial charge in [-0.3, -0.25) is 0 Å². The fraction of sp³-hybridized carbons (Fsp3) is 0.619. The third kappa shape index (κ3) is 4.08. The molecule has 2 N–H and O–H groups in total. The molecule has 4 rings (SSSR count). The lowest BCUT2D eigenvalue weighted by molar-refractivity contribution is -0.0235. The van der Waals surface area contributed by atoms with Gasteiger partial charge < -0.3 is 15.2 Å². The van der Waals surface area contributed by atoms with E-state index in [0.717, 1.165) is 18.9 Å². The molecular formula is C21H31NO2. The highest BCUT2D eigenvalue weighted by atomic mass is 16.5. The molecule has 1 fully saturated rings. The Labute approximate surface area is 146 Å². The molecule has 1 aromatic carbocycles. The Bertz CT molecular complexity index is 552. The van der Waals surface area contributed by atoms with Gasteiger partial charge in [0, 0.05) is 6.54 Å². The van der Waals surface area contributed by atoms with Crippen LogP contribution in [0.5, 0.6) is 0 Å². The molecule has 0 saturated heterocycles. The van der Waals surface area contributed by atoms with Crippen molar-refractivity contribution in [3.63, 3.8) is 0 Å².